The number of carbonyl (C=O) groups is 2. The van der Waals surface area contributed by atoms with Crippen molar-refractivity contribution in [1.82, 2.24) is 19.3 Å². The van der Waals surface area contributed by atoms with E-state index in [1.165, 1.54) is 21.8 Å². The lowest BCUT2D eigenvalue weighted by atomic mass is 10.3. The van der Waals surface area contributed by atoms with Crippen molar-refractivity contribution < 1.29 is 19.1 Å². The number of nitrogens with zero attached hydrogens (tertiary/aromatic N) is 4. The van der Waals surface area contributed by atoms with E-state index >= 15 is 0 Å². The Labute approximate surface area is 138 Å². The van der Waals surface area contributed by atoms with Crippen LogP contribution < -0.4 is 5.56 Å². The van der Waals surface area contributed by atoms with E-state index in [9.17, 15) is 14.4 Å². The highest BCUT2D eigenvalue weighted by molar-refractivity contribution is 5.72. The molecule has 2 rings (SSSR count). The van der Waals surface area contributed by atoms with Crippen molar-refractivity contribution in [2.75, 3.05) is 0 Å². The zero-order chi connectivity index (χ0) is 17.5. The molecule has 0 saturated carbocycles. The fourth-order valence-electron chi connectivity index (χ4n) is 1.98. The molecule has 0 aliphatic carbocycles. The second kappa shape index (κ2) is 8.23. The van der Waals surface area contributed by atoms with Crippen molar-refractivity contribution in [1.29, 1.82) is 0 Å². The van der Waals surface area contributed by atoms with Gasteiger partial charge >= 0.3 is 11.9 Å². The lowest BCUT2D eigenvalue weighted by Crippen LogP contribution is -2.22. The van der Waals surface area contributed by atoms with Crippen LogP contribution in [0, 0.1) is 0 Å². The fourth-order valence-corrected chi connectivity index (χ4v) is 1.98. The molecular weight excluding hydrogens is 316 g/mol. The van der Waals surface area contributed by atoms with Crippen LogP contribution in [0.5, 0.6) is 0 Å². The SMILES string of the molecule is CCCC(=O)OCn1cc2c(=O)n(COC(=O)CCC)cnc2n1. The first-order valence-electron chi connectivity index (χ1n) is 7.79. The zero-order valence-electron chi connectivity index (χ0n) is 13.7. The van der Waals surface area contributed by atoms with Gasteiger partial charge in [0.05, 0.1) is 0 Å². The highest BCUT2D eigenvalue weighted by Crippen LogP contribution is 2.05. The molecule has 2 aromatic heterocycles. The summed E-state index contributed by atoms with van der Waals surface area (Å²) in [6.07, 6.45) is 4.72. The Morgan fingerprint density at radius 3 is 2.33 bits per heavy atom. The molecule has 0 radical (unpaired) electrons. The van der Waals surface area contributed by atoms with E-state index < -0.39 is 0 Å². The summed E-state index contributed by atoms with van der Waals surface area (Å²) in [4.78, 5) is 39.1. The van der Waals surface area contributed by atoms with Gasteiger partial charge in [-0.3, -0.25) is 19.0 Å². The molecule has 0 aromatic carbocycles. The van der Waals surface area contributed by atoms with Gasteiger partial charge in [-0.15, -0.1) is 5.10 Å². The summed E-state index contributed by atoms with van der Waals surface area (Å²) in [7, 11) is 0. The molecule has 0 saturated heterocycles. The number of carbonyl (C=O) groups excluding carboxylic acids is 2. The normalized spacial score (nSPS) is 10.8. The van der Waals surface area contributed by atoms with Crippen LogP contribution >= 0.6 is 0 Å². The molecule has 0 N–H and O–H groups in total. The minimum atomic E-state index is -0.379. The van der Waals surface area contributed by atoms with Crippen molar-refractivity contribution in [3.05, 3.63) is 22.9 Å². The molecular formula is C15H20N4O5. The highest BCUT2D eigenvalue weighted by Gasteiger charge is 2.11. The lowest BCUT2D eigenvalue weighted by molar-refractivity contribution is -0.148. The van der Waals surface area contributed by atoms with Crippen molar-refractivity contribution in [3.63, 3.8) is 0 Å². The predicted octanol–water partition coefficient (Wildman–Crippen LogP) is 1.19. The first kappa shape index (κ1) is 17.6. The van der Waals surface area contributed by atoms with E-state index in [-0.39, 0.29) is 42.0 Å². The van der Waals surface area contributed by atoms with Crippen LogP contribution in [0.1, 0.15) is 39.5 Å². The fraction of sp³-hybridized carbons (Fsp3) is 0.533. The minimum absolute atomic E-state index is 0.0832. The Bertz CT molecular complexity index is 780. The van der Waals surface area contributed by atoms with E-state index in [1.807, 2.05) is 13.8 Å². The summed E-state index contributed by atoms with van der Waals surface area (Å²) in [5, 5.41) is 4.34. The van der Waals surface area contributed by atoms with Crippen LogP contribution in [0.4, 0.5) is 0 Å². The zero-order valence-corrected chi connectivity index (χ0v) is 13.7. The highest BCUT2D eigenvalue weighted by atomic mass is 16.5. The summed E-state index contributed by atoms with van der Waals surface area (Å²) in [6.45, 7) is 3.46. The second-order valence-corrected chi connectivity index (χ2v) is 5.22. The van der Waals surface area contributed by atoms with Gasteiger partial charge in [-0.05, 0) is 12.8 Å². The molecule has 0 spiro atoms. The maximum Gasteiger partial charge on any atom is 0.307 e. The molecule has 9 heteroatoms. The Morgan fingerprint density at radius 2 is 1.71 bits per heavy atom. The Hall–Kier alpha value is -2.71. The average molecular weight is 336 g/mol. The molecule has 0 atom stereocenters. The van der Waals surface area contributed by atoms with Crippen molar-refractivity contribution in [2.45, 2.75) is 53.0 Å². The van der Waals surface area contributed by atoms with Gasteiger partial charge in [0.1, 0.15) is 11.7 Å². The quantitative estimate of drug-likeness (QED) is 0.667. The number of ether oxygens (including phenoxy) is 2. The molecule has 2 aromatic rings. The van der Waals surface area contributed by atoms with Gasteiger partial charge in [0.25, 0.3) is 5.56 Å². The number of hydrogen-bond acceptors (Lipinski definition) is 7. The average Bonchev–Trinajstić information content (AvgIpc) is 2.97. The maximum atomic E-state index is 12.3. The van der Waals surface area contributed by atoms with Crippen LogP contribution in [0.2, 0.25) is 0 Å². The monoisotopic (exact) mass is 336 g/mol. The summed E-state index contributed by atoms with van der Waals surface area (Å²) < 4.78 is 12.5. The molecule has 0 aliphatic heterocycles. The van der Waals surface area contributed by atoms with E-state index in [0.717, 1.165) is 0 Å². The van der Waals surface area contributed by atoms with Crippen molar-refractivity contribution in [2.24, 2.45) is 0 Å². The Balaban J connectivity index is 2.09. The maximum absolute atomic E-state index is 12.3. The summed E-state index contributed by atoms with van der Waals surface area (Å²) >= 11 is 0. The standard InChI is InChI=1S/C15H20N4O5/c1-3-5-12(20)23-9-18-8-16-14-11(15(18)22)7-19(17-14)10-24-13(21)6-4-2/h7-8H,3-6,9-10H2,1-2H3. The third-order valence-corrected chi connectivity index (χ3v) is 3.18. The van der Waals surface area contributed by atoms with Gasteiger partial charge in [0, 0.05) is 19.0 Å². The molecule has 2 heterocycles. The number of hydrogen-bond donors (Lipinski definition) is 0. The lowest BCUT2D eigenvalue weighted by Gasteiger charge is -2.05. The van der Waals surface area contributed by atoms with E-state index in [2.05, 4.69) is 10.1 Å². The Morgan fingerprint density at radius 1 is 1.08 bits per heavy atom. The molecule has 0 aliphatic rings. The molecule has 0 fully saturated rings. The summed E-state index contributed by atoms with van der Waals surface area (Å²) in [6, 6.07) is 0. The number of esters is 2. The van der Waals surface area contributed by atoms with Gasteiger partial charge in [0.15, 0.2) is 19.1 Å². The molecule has 130 valence electrons. The van der Waals surface area contributed by atoms with Crippen molar-refractivity contribution >= 4 is 23.0 Å². The van der Waals surface area contributed by atoms with Gasteiger partial charge in [0.2, 0.25) is 0 Å². The molecule has 0 bridgehead atoms. The predicted molar refractivity (Wildman–Crippen MR) is 83.8 cm³/mol. The topological polar surface area (TPSA) is 105 Å². The van der Waals surface area contributed by atoms with Crippen LogP contribution in [0.15, 0.2) is 17.3 Å². The van der Waals surface area contributed by atoms with E-state index in [0.29, 0.717) is 25.7 Å². The van der Waals surface area contributed by atoms with E-state index in [4.69, 9.17) is 9.47 Å². The van der Waals surface area contributed by atoms with Crippen LogP contribution in [-0.2, 0) is 32.5 Å². The molecule has 0 amide bonds. The van der Waals surface area contributed by atoms with Gasteiger partial charge < -0.3 is 9.47 Å². The van der Waals surface area contributed by atoms with Crippen LogP contribution in [0.25, 0.3) is 11.0 Å². The Kier molecular flexibility index (Phi) is 6.05. The number of aromatic nitrogens is 4. The smallest absolute Gasteiger partial charge is 0.307 e. The second-order valence-electron chi connectivity index (χ2n) is 5.22. The summed E-state index contributed by atoms with van der Waals surface area (Å²) in [5.74, 6) is -0.701. The molecule has 9 nitrogen and oxygen atoms in total. The number of rotatable bonds is 8. The van der Waals surface area contributed by atoms with Crippen LogP contribution in [0.3, 0.4) is 0 Å². The third-order valence-electron chi connectivity index (χ3n) is 3.18. The van der Waals surface area contributed by atoms with Gasteiger partial charge in [-0.1, -0.05) is 13.8 Å². The van der Waals surface area contributed by atoms with E-state index in [1.54, 1.807) is 0 Å². The molecule has 0 unspecified atom stereocenters. The minimum Gasteiger partial charge on any atom is -0.444 e. The first-order chi connectivity index (χ1) is 11.5. The first-order valence-corrected chi connectivity index (χ1v) is 7.79. The van der Waals surface area contributed by atoms with Gasteiger partial charge in [-0.25, -0.2) is 9.67 Å². The van der Waals surface area contributed by atoms with Crippen LogP contribution in [-0.4, -0.2) is 31.3 Å². The van der Waals surface area contributed by atoms with Gasteiger partial charge in [-0.2, -0.15) is 0 Å². The number of fused-ring (bicyclic) bond motifs is 1. The van der Waals surface area contributed by atoms with Crippen molar-refractivity contribution in [3.8, 4) is 0 Å². The summed E-state index contributed by atoms with van der Waals surface area (Å²) in [5.41, 5.74) is -0.141. The largest absolute Gasteiger partial charge is 0.444 e. The third kappa shape index (κ3) is 4.40. The molecule has 24 heavy (non-hydrogen) atoms.